The van der Waals surface area contributed by atoms with Crippen LogP contribution >= 0.6 is 0 Å². The van der Waals surface area contributed by atoms with Crippen LogP contribution in [0, 0.1) is 0 Å². The highest BCUT2D eigenvalue weighted by molar-refractivity contribution is 5.39. The first-order chi connectivity index (χ1) is 8.20. The molecule has 0 saturated carbocycles. The number of ether oxygens (including phenoxy) is 2. The molecule has 1 heterocycles. The summed E-state index contributed by atoms with van der Waals surface area (Å²) in [5, 5.41) is 0. The minimum atomic E-state index is 0.324. The van der Waals surface area contributed by atoms with Crippen molar-refractivity contribution in [2.75, 3.05) is 13.2 Å². The lowest BCUT2D eigenvalue weighted by Gasteiger charge is -2.15. The largest absolute Gasteiger partial charge is 0.490 e. The van der Waals surface area contributed by atoms with Gasteiger partial charge in [0.25, 0.3) is 0 Å². The highest BCUT2D eigenvalue weighted by Gasteiger charge is 2.23. The number of epoxide rings is 1. The number of hydrogen-bond acceptors (Lipinski definition) is 2. The second kappa shape index (κ2) is 5.54. The second-order valence-electron chi connectivity index (χ2n) is 5.04. The van der Waals surface area contributed by atoms with Crippen LogP contribution in [0.2, 0.25) is 0 Å². The molecule has 0 aliphatic carbocycles. The fourth-order valence-corrected chi connectivity index (χ4v) is 1.97. The third-order valence-electron chi connectivity index (χ3n) is 3.06. The van der Waals surface area contributed by atoms with E-state index in [0.29, 0.717) is 18.6 Å². The average molecular weight is 234 g/mol. The van der Waals surface area contributed by atoms with E-state index >= 15 is 0 Å². The SMILES string of the molecule is CCCc1ccc(OCC2CO2)c(C(C)C)c1. The van der Waals surface area contributed by atoms with Gasteiger partial charge in [0.1, 0.15) is 18.5 Å². The van der Waals surface area contributed by atoms with E-state index in [1.165, 1.54) is 17.5 Å². The van der Waals surface area contributed by atoms with Gasteiger partial charge in [0, 0.05) is 0 Å². The Morgan fingerprint density at radius 1 is 1.41 bits per heavy atom. The minimum absolute atomic E-state index is 0.324. The standard InChI is InChI=1S/C15H22O2/c1-4-5-12-6-7-15(14(8-12)11(2)3)17-10-13-9-16-13/h6-8,11,13H,4-5,9-10H2,1-3H3. The zero-order valence-electron chi connectivity index (χ0n) is 11.0. The van der Waals surface area contributed by atoms with Crippen molar-refractivity contribution in [3.63, 3.8) is 0 Å². The summed E-state index contributed by atoms with van der Waals surface area (Å²) in [5.41, 5.74) is 2.72. The van der Waals surface area contributed by atoms with Crippen molar-refractivity contribution in [2.45, 2.75) is 45.6 Å². The molecular formula is C15H22O2. The smallest absolute Gasteiger partial charge is 0.122 e. The molecule has 2 heteroatoms. The van der Waals surface area contributed by atoms with Crippen LogP contribution in [0.1, 0.15) is 44.2 Å². The Morgan fingerprint density at radius 3 is 2.76 bits per heavy atom. The predicted molar refractivity (Wildman–Crippen MR) is 69.8 cm³/mol. The van der Waals surface area contributed by atoms with Crippen molar-refractivity contribution >= 4 is 0 Å². The van der Waals surface area contributed by atoms with Crippen molar-refractivity contribution in [1.29, 1.82) is 0 Å². The van der Waals surface area contributed by atoms with Gasteiger partial charge in [-0.05, 0) is 29.5 Å². The van der Waals surface area contributed by atoms with Crippen LogP contribution in [0.5, 0.6) is 5.75 Å². The first-order valence-corrected chi connectivity index (χ1v) is 6.58. The van der Waals surface area contributed by atoms with E-state index in [0.717, 1.165) is 18.8 Å². The topological polar surface area (TPSA) is 21.8 Å². The third-order valence-corrected chi connectivity index (χ3v) is 3.06. The van der Waals surface area contributed by atoms with E-state index in [9.17, 15) is 0 Å². The molecule has 1 aliphatic heterocycles. The van der Waals surface area contributed by atoms with Gasteiger partial charge in [-0.15, -0.1) is 0 Å². The van der Waals surface area contributed by atoms with Gasteiger partial charge in [0.05, 0.1) is 6.61 Å². The summed E-state index contributed by atoms with van der Waals surface area (Å²) < 4.78 is 11.0. The van der Waals surface area contributed by atoms with Gasteiger partial charge in [-0.3, -0.25) is 0 Å². The lowest BCUT2D eigenvalue weighted by Crippen LogP contribution is -2.06. The van der Waals surface area contributed by atoms with Crippen LogP contribution in [0.3, 0.4) is 0 Å². The maximum Gasteiger partial charge on any atom is 0.122 e. The van der Waals surface area contributed by atoms with Crippen LogP contribution in [-0.4, -0.2) is 19.3 Å². The Hall–Kier alpha value is -1.02. The molecule has 0 aromatic heterocycles. The molecule has 2 rings (SSSR count). The van der Waals surface area contributed by atoms with Crippen LogP contribution in [0.15, 0.2) is 18.2 Å². The summed E-state index contributed by atoms with van der Waals surface area (Å²) in [6.07, 6.45) is 2.66. The van der Waals surface area contributed by atoms with Gasteiger partial charge in [0.2, 0.25) is 0 Å². The van der Waals surface area contributed by atoms with Gasteiger partial charge in [0.15, 0.2) is 0 Å². The van der Waals surface area contributed by atoms with E-state index in [2.05, 4.69) is 39.0 Å². The Labute approximate surface area is 104 Å². The Balaban J connectivity index is 2.11. The molecule has 1 aliphatic rings. The second-order valence-corrected chi connectivity index (χ2v) is 5.04. The molecule has 1 unspecified atom stereocenters. The van der Waals surface area contributed by atoms with Gasteiger partial charge >= 0.3 is 0 Å². The maximum absolute atomic E-state index is 5.83. The first-order valence-electron chi connectivity index (χ1n) is 6.58. The fraction of sp³-hybridized carbons (Fsp3) is 0.600. The summed E-state index contributed by atoms with van der Waals surface area (Å²) in [6.45, 7) is 8.18. The van der Waals surface area contributed by atoms with E-state index in [4.69, 9.17) is 9.47 Å². The molecule has 1 aromatic carbocycles. The average Bonchev–Trinajstić information content (AvgIpc) is 3.11. The summed E-state index contributed by atoms with van der Waals surface area (Å²) in [6, 6.07) is 6.58. The summed E-state index contributed by atoms with van der Waals surface area (Å²) in [5.74, 6) is 1.53. The van der Waals surface area contributed by atoms with Crippen molar-refractivity contribution in [3.8, 4) is 5.75 Å². The molecule has 1 atom stereocenters. The Kier molecular flexibility index (Phi) is 4.06. The van der Waals surface area contributed by atoms with Crippen LogP contribution in [0.4, 0.5) is 0 Å². The van der Waals surface area contributed by atoms with Crippen molar-refractivity contribution in [3.05, 3.63) is 29.3 Å². The monoisotopic (exact) mass is 234 g/mol. The van der Waals surface area contributed by atoms with E-state index in [-0.39, 0.29) is 0 Å². The lowest BCUT2D eigenvalue weighted by atomic mass is 9.98. The maximum atomic E-state index is 5.83. The molecule has 0 radical (unpaired) electrons. The van der Waals surface area contributed by atoms with Gasteiger partial charge in [-0.25, -0.2) is 0 Å². The lowest BCUT2D eigenvalue weighted by molar-refractivity contribution is 0.260. The fourth-order valence-electron chi connectivity index (χ4n) is 1.97. The van der Waals surface area contributed by atoms with Gasteiger partial charge < -0.3 is 9.47 Å². The summed E-state index contributed by atoms with van der Waals surface area (Å²) in [4.78, 5) is 0. The van der Waals surface area contributed by atoms with E-state index < -0.39 is 0 Å². The molecule has 17 heavy (non-hydrogen) atoms. The molecule has 0 bridgehead atoms. The Bertz CT molecular complexity index is 367. The van der Waals surface area contributed by atoms with E-state index in [1.54, 1.807) is 0 Å². The normalized spacial score (nSPS) is 18.5. The van der Waals surface area contributed by atoms with Crippen molar-refractivity contribution in [2.24, 2.45) is 0 Å². The highest BCUT2D eigenvalue weighted by Crippen LogP contribution is 2.28. The third kappa shape index (κ3) is 3.47. The molecule has 1 aromatic rings. The zero-order chi connectivity index (χ0) is 12.3. The molecule has 0 amide bonds. The molecular weight excluding hydrogens is 212 g/mol. The highest BCUT2D eigenvalue weighted by atomic mass is 16.6. The van der Waals surface area contributed by atoms with Gasteiger partial charge in [-0.1, -0.05) is 39.3 Å². The zero-order valence-corrected chi connectivity index (χ0v) is 11.0. The van der Waals surface area contributed by atoms with Crippen LogP contribution in [-0.2, 0) is 11.2 Å². The van der Waals surface area contributed by atoms with Crippen molar-refractivity contribution in [1.82, 2.24) is 0 Å². The number of hydrogen-bond donors (Lipinski definition) is 0. The van der Waals surface area contributed by atoms with E-state index in [1.807, 2.05) is 0 Å². The molecule has 1 saturated heterocycles. The van der Waals surface area contributed by atoms with Crippen LogP contribution in [0.25, 0.3) is 0 Å². The molecule has 1 fully saturated rings. The first kappa shape index (κ1) is 12.4. The molecule has 94 valence electrons. The minimum Gasteiger partial charge on any atom is -0.490 e. The number of rotatable bonds is 6. The predicted octanol–water partition coefficient (Wildman–Crippen LogP) is 3.54. The van der Waals surface area contributed by atoms with Crippen molar-refractivity contribution < 1.29 is 9.47 Å². The van der Waals surface area contributed by atoms with Crippen LogP contribution < -0.4 is 4.74 Å². The number of benzene rings is 1. The summed E-state index contributed by atoms with van der Waals surface area (Å²) in [7, 11) is 0. The molecule has 0 N–H and O–H groups in total. The molecule has 2 nitrogen and oxygen atoms in total. The number of aryl methyl sites for hydroxylation is 1. The van der Waals surface area contributed by atoms with Gasteiger partial charge in [-0.2, -0.15) is 0 Å². The summed E-state index contributed by atoms with van der Waals surface area (Å²) >= 11 is 0. The Morgan fingerprint density at radius 2 is 2.18 bits per heavy atom. The quantitative estimate of drug-likeness (QED) is 0.702. The molecule has 0 spiro atoms.